The first-order valence-electron chi connectivity index (χ1n) is 5.97. The molecule has 6 nitrogen and oxygen atoms in total. The van der Waals surface area contributed by atoms with Gasteiger partial charge in [-0.2, -0.15) is 5.26 Å². The van der Waals surface area contributed by atoms with E-state index in [1.807, 2.05) is 6.07 Å². The number of hydrogen-bond donors (Lipinski definition) is 2. The lowest BCUT2D eigenvalue weighted by Crippen LogP contribution is -2.41. The first kappa shape index (κ1) is 14.6. The summed E-state index contributed by atoms with van der Waals surface area (Å²) in [7, 11) is 0. The number of hydrogen-bond acceptors (Lipinski definition) is 4. The largest absolute Gasteiger partial charge is 0.480 e. The predicted molar refractivity (Wildman–Crippen MR) is 67.2 cm³/mol. The van der Waals surface area contributed by atoms with Crippen LogP contribution in [0.2, 0.25) is 0 Å². The monoisotopic (exact) mass is 261 g/mol. The van der Waals surface area contributed by atoms with E-state index in [2.05, 4.69) is 10.3 Å². The number of carbonyl (C=O) groups is 2. The van der Waals surface area contributed by atoms with Crippen molar-refractivity contribution in [1.82, 2.24) is 10.3 Å². The molecule has 0 aliphatic heterocycles. The van der Waals surface area contributed by atoms with Crippen LogP contribution >= 0.6 is 0 Å². The number of aliphatic carboxylic acids is 1. The van der Waals surface area contributed by atoms with E-state index < -0.39 is 17.9 Å². The number of aromatic nitrogens is 1. The molecule has 100 valence electrons. The molecule has 19 heavy (non-hydrogen) atoms. The van der Waals surface area contributed by atoms with E-state index in [0.717, 1.165) is 0 Å². The third kappa shape index (κ3) is 5.17. The number of nitrogens with zero attached hydrogens (tertiary/aromatic N) is 2. The highest BCUT2D eigenvalue weighted by molar-refractivity contribution is 5.94. The van der Waals surface area contributed by atoms with Crippen LogP contribution in [-0.2, 0) is 4.79 Å². The number of carbonyl (C=O) groups excluding carboxylic acids is 1. The smallest absolute Gasteiger partial charge is 0.326 e. The van der Waals surface area contributed by atoms with Gasteiger partial charge in [0.2, 0.25) is 0 Å². The number of pyridine rings is 1. The molecule has 0 aromatic carbocycles. The minimum Gasteiger partial charge on any atom is -0.480 e. The van der Waals surface area contributed by atoms with E-state index in [1.54, 1.807) is 12.1 Å². The molecule has 1 aromatic heterocycles. The van der Waals surface area contributed by atoms with Crippen molar-refractivity contribution in [3.8, 4) is 6.07 Å². The highest BCUT2D eigenvalue weighted by Crippen LogP contribution is 2.05. The van der Waals surface area contributed by atoms with Crippen LogP contribution in [0.5, 0.6) is 0 Å². The van der Waals surface area contributed by atoms with Crippen molar-refractivity contribution in [2.75, 3.05) is 0 Å². The fraction of sp³-hybridized carbons (Fsp3) is 0.385. The highest BCUT2D eigenvalue weighted by atomic mass is 16.4. The fourth-order valence-corrected chi connectivity index (χ4v) is 1.54. The molecule has 0 spiro atoms. The van der Waals surface area contributed by atoms with Gasteiger partial charge in [0.15, 0.2) is 0 Å². The van der Waals surface area contributed by atoms with Gasteiger partial charge in [-0.1, -0.05) is 6.07 Å². The Morgan fingerprint density at radius 3 is 2.79 bits per heavy atom. The van der Waals surface area contributed by atoms with Crippen molar-refractivity contribution in [2.24, 2.45) is 0 Å². The SMILES string of the molecule is N#CCCCC[C@H](NC(=O)c1ccccn1)C(=O)O. The van der Waals surface area contributed by atoms with Gasteiger partial charge in [-0.25, -0.2) is 4.79 Å². The molecular formula is C13H15N3O3. The van der Waals surface area contributed by atoms with Crippen LogP contribution in [0.4, 0.5) is 0 Å². The van der Waals surface area contributed by atoms with Gasteiger partial charge in [0.05, 0.1) is 6.07 Å². The zero-order chi connectivity index (χ0) is 14.1. The van der Waals surface area contributed by atoms with Crippen molar-refractivity contribution >= 4 is 11.9 Å². The minimum atomic E-state index is -1.08. The Hall–Kier alpha value is -2.42. The second kappa shape index (κ2) is 7.82. The molecule has 0 saturated heterocycles. The Balaban J connectivity index is 2.52. The van der Waals surface area contributed by atoms with Crippen molar-refractivity contribution in [3.63, 3.8) is 0 Å². The van der Waals surface area contributed by atoms with Gasteiger partial charge >= 0.3 is 5.97 Å². The standard InChI is InChI=1S/C13H15N3O3/c14-8-4-1-2-7-11(13(18)19)16-12(17)10-6-3-5-9-15-10/h3,5-6,9,11H,1-2,4,7H2,(H,16,17)(H,18,19)/t11-/m0/s1. The molecule has 0 unspecified atom stereocenters. The van der Waals surface area contributed by atoms with Crippen LogP contribution in [0.25, 0.3) is 0 Å². The molecule has 2 N–H and O–H groups in total. The first-order chi connectivity index (χ1) is 9.15. The summed E-state index contributed by atoms with van der Waals surface area (Å²) in [6.07, 6.45) is 3.36. The maximum Gasteiger partial charge on any atom is 0.326 e. The van der Waals surface area contributed by atoms with Crippen LogP contribution in [0.3, 0.4) is 0 Å². The zero-order valence-corrected chi connectivity index (χ0v) is 10.4. The van der Waals surface area contributed by atoms with E-state index in [1.165, 1.54) is 12.3 Å². The summed E-state index contributed by atoms with van der Waals surface area (Å²) in [5.74, 6) is -1.59. The number of rotatable bonds is 7. The molecule has 6 heteroatoms. The quantitative estimate of drug-likeness (QED) is 0.721. The van der Waals surface area contributed by atoms with E-state index in [9.17, 15) is 9.59 Å². The van der Waals surface area contributed by atoms with Crippen LogP contribution in [-0.4, -0.2) is 28.0 Å². The molecule has 1 heterocycles. The van der Waals surface area contributed by atoms with E-state index in [0.29, 0.717) is 25.7 Å². The Morgan fingerprint density at radius 2 is 2.21 bits per heavy atom. The molecule has 0 radical (unpaired) electrons. The minimum absolute atomic E-state index is 0.186. The Labute approximate surface area is 111 Å². The van der Waals surface area contributed by atoms with Gasteiger partial charge in [0.25, 0.3) is 5.91 Å². The average Bonchev–Trinajstić information content (AvgIpc) is 2.42. The Morgan fingerprint density at radius 1 is 1.42 bits per heavy atom. The van der Waals surface area contributed by atoms with Crippen molar-refractivity contribution < 1.29 is 14.7 Å². The molecule has 0 aliphatic rings. The van der Waals surface area contributed by atoms with Crippen molar-refractivity contribution in [1.29, 1.82) is 5.26 Å². The Bertz CT molecular complexity index is 468. The number of carboxylic acids is 1. The molecule has 0 fully saturated rings. The molecule has 0 saturated carbocycles. The fourth-order valence-electron chi connectivity index (χ4n) is 1.54. The molecular weight excluding hydrogens is 246 g/mol. The number of carboxylic acid groups (broad SMARTS) is 1. The lowest BCUT2D eigenvalue weighted by atomic mass is 10.1. The lowest BCUT2D eigenvalue weighted by molar-refractivity contribution is -0.139. The van der Waals surface area contributed by atoms with Gasteiger partial charge in [0, 0.05) is 12.6 Å². The average molecular weight is 261 g/mol. The summed E-state index contributed by atoms with van der Waals surface area (Å²) < 4.78 is 0. The van der Waals surface area contributed by atoms with Gasteiger partial charge < -0.3 is 10.4 Å². The second-order valence-electron chi connectivity index (χ2n) is 3.98. The molecule has 0 aliphatic carbocycles. The van der Waals surface area contributed by atoms with Gasteiger partial charge in [0.1, 0.15) is 11.7 Å². The predicted octanol–water partition coefficient (Wildman–Crippen LogP) is 1.35. The summed E-state index contributed by atoms with van der Waals surface area (Å²) >= 11 is 0. The zero-order valence-electron chi connectivity index (χ0n) is 10.4. The summed E-state index contributed by atoms with van der Waals surface area (Å²) in [5.41, 5.74) is 0.186. The van der Waals surface area contributed by atoms with Crippen LogP contribution in [0.1, 0.15) is 36.2 Å². The summed E-state index contributed by atoms with van der Waals surface area (Å²) in [5, 5.41) is 19.8. The highest BCUT2D eigenvalue weighted by Gasteiger charge is 2.20. The first-order valence-corrected chi connectivity index (χ1v) is 5.97. The van der Waals surface area contributed by atoms with Crippen LogP contribution in [0.15, 0.2) is 24.4 Å². The maximum absolute atomic E-state index is 11.8. The van der Waals surface area contributed by atoms with Crippen LogP contribution in [0, 0.1) is 11.3 Å². The lowest BCUT2D eigenvalue weighted by Gasteiger charge is -2.13. The molecule has 0 bridgehead atoms. The molecule has 1 rings (SSSR count). The number of nitriles is 1. The second-order valence-corrected chi connectivity index (χ2v) is 3.98. The molecule has 1 amide bonds. The summed E-state index contributed by atoms with van der Waals surface area (Å²) in [6.45, 7) is 0. The van der Waals surface area contributed by atoms with Crippen molar-refractivity contribution in [3.05, 3.63) is 30.1 Å². The van der Waals surface area contributed by atoms with E-state index in [-0.39, 0.29) is 5.69 Å². The molecule has 1 atom stereocenters. The molecule has 1 aromatic rings. The van der Waals surface area contributed by atoms with Crippen LogP contribution < -0.4 is 5.32 Å². The number of amides is 1. The van der Waals surface area contributed by atoms with E-state index >= 15 is 0 Å². The number of unbranched alkanes of at least 4 members (excludes halogenated alkanes) is 2. The van der Waals surface area contributed by atoms with Gasteiger partial charge in [-0.3, -0.25) is 9.78 Å². The summed E-state index contributed by atoms with van der Waals surface area (Å²) in [6, 6.07) is 5.89. The third-order valence-corrected chi connectivity index (χ3v) is 2.53. The van der Waals surface area contributed by atoms with E-state index in [4.69, 9.17) is 10.4 Å². The summed E-state index contributed by atoms with van der Waals surface area (Å²) in [4.78, 5) is 26.6. The van der Waals surface area contributed by atoms with Crippen molar-refractivity contribution in [2.45, 2.75) is 31.7 Å². The number of nitrogens with one attached hydrogen (secondary N) is 1. The normalized spacial score (nSPS) is 11.3. The van der Waals surface area contributed by atoms with Gasteiger partial charge in [-0.05, 0) is 31.4 Å². The Kier molecular flexibility index (Phi) is 6.03. The maximum atomic E-state index is 11.8. The van der Waals surface area contributed by atoms with Gasteiger partial charge in [-0.15, -0.1) is 0 Å². The third-order valence-electron chi connectivity index (χ3n) is 2.53. The topological polar surface area (TPSA) is 103 Å².